The fraction of sp³-hybridized carbons (Fsp3) is 0.333. The molecule has 9 heteroatoms. The minimum atomic E-state index is -3.62. The molecule has 0 aliphatic rings. The number of hydrogen-bond acceptors (Lipinski definition) is 5. The monoisotopic (exact) mass is 312 g/mol. The molecular formula is C12H16N4O4S. The molecule has 0 fully saturated rings. The summed E-state index contributed by atoms with van der Waals surface area (Å²) in [5.41, 5.74) is 0.650. The second-order valence-corrected chi connectivity index (χ2v) is 6.45. The maximum Gasteiger partial charge on any atom is 0.257 e. The zero-order valence-corrected chi connectivity index (χ0v) is 12.9. The lowest BCUT2D eigenvalue weighted by molar-refractivity contribution is 0.0828. The van der Waals surface area contributed by atoms with Crippen LogP contribution in [0.25, 0.3) is 11.5 Å². The number of furan rings is 1. The highest BCUT2D eigenvalue weighted by Crippen LogP contribution is 2.29. The van der Waals surface area contributed by atoms with E-state index < -0.39 is 10.0 Å². The lowest BCUT2D eigenvalue weighted by atomic mass is 10.2. The fourth-order valence-corrected chi connectivity index (χ4v) is 2.74. The highest BCUT2D eigenvalue weighted by molar-refractivity contribution is 7.89. The lowest BCUT2D eigenvalue weighted by Gasteiger charge is -2.08. The Morgan fingerprint density at radius 3 is 2.67 bits per heavy atom. The first-order valence-electron chi connectivity index (χ1n) is 6.07. The van der Waals surface area contributed by atoms with Gasteiger partial charge in [0.2, 0.25) is 10.0 Å². The Kier molecular flexibility index (Phi) is 3.88. The molecule has 0 aromatic carbocycles. The predicted octanol–water partition coefficient (Wildman–Crippen LogP) is 0.588. The van der Waals surface area contributed by atoms with Crippen molar-refractivity contribution in [2.24, 2.45) is 0 Å². The molecule has 2 aromatic rings. The molecule has 2 heterocycles. The van der Waals surface area contributed by atoms with Crippen molar-refractivity contribution in [1.29, 1.82) is 0 Å². The van der Waals surface area contributed by atoms with E-state index in [1.807, 2.05) is 0 Å². The van der Waals surface area contributed by atoms with E-state index in [9.17, 15) is 13.2 Å². The predicted molar refractivity (Wildman–Crippen MR) is 75.3 cm³/mol. The van der Waals surface area contributed by atoms with Gasteiger partial charge in [0, 0.05) is 20.2 Å². The van der Waals surface area contributed by atoms with Crippen LogP contribution in [0.3, 0.4) is 0 Å². The molecule has 0 radical (unpaired) electrons. The van der Waals surface area contributed by atoms with Crippen LogP contribution >= 0.6 is 0 Å². The third-order valence-corrected chi connectivity index (χ3v) is 4.47. The van der Waals surface area contributed by atoms with E-state index in [1.54, 1.807) is 14.1 Å². The van der Waals surface area contributed by atoms with Gasteiger partial charge in [-0.25, -0.2) is 13.1 Å². The molecule has 2 N–H and O–H groups in total. The van der Waals surface area contributed by atoms with E-state index in [-0.39, 0.29) is 22.3 Å². The Labute approximate surface area is 122 Å². The van der Waals surface area contributed by atoms with Crippen LogP contribution in [-0.2, 0) is 10.0 Å². The van der Waals surface area contributed by atoms with Crippen LogP contribution in [0.15, 0.2) is 21.6 Å². The SMILES string of the molecule is CNS(=O)(=O)c1cc(-c2[nH]ncc2C(=O)N(C)C)oc1C. The summed E-state index contributed by atoms with van der Waals surface area (Å²) < 4.78 is 31.4. The van der Waals surface area contributed by atoms with E-state index in [4.69, 9.17) is 4.42 Å². The first-order valence-corrected chi connectivity index (χ1v) is 7.55. The van der Waals surface area contributed by atoms with E-state index in [2.05, 4.69) is 14.9 Å². The van der Waals surface area contributed by atoms with Gasteiger partial charge in [-0.05, 0) is 14.0 Å². The molecule has 0 atom stereocenters. The van der Waals surface area contributed by atoms with Crippen LogP contribution in [0.1, 0.15) is 16.1 Å². The van der Waals surface area contributed by atoms with E-state index in [1.165, 1.54) is 31.1 Å². The van der Waals surface area contributed by atoms with Crippen LogP contribution < -0.4 is 4.72 Å². The third kappa shape index (κ3) is 2.69. The zero-order valence-electron chi connectivity index (χ0n) is 12.1. The highest BCUT2D eigenvalue weighted by atomic mass is 32.2. The van der Waals surface area contributed by atoms with Gasteiger partial charge in [0.05, 0.1) is 11.8 Å². The summed E-state index contributed by atoms with van der Waals surface area (Å²) in [7, 11) is 0.925. The number of rotatable bonds is 4. The minimum Gasteiger partial charge on any atom is -0.458 e. The highest BCUT2D eigenvalue weighted by Gasteiger charge is 2.24. The van der Waals surface area contributed by atoms with E-state index in [0.29, 0.717) is 11.3 Å². The molecule has 0 saturated heterocycles. The molecule has 21 heavy (non-hydrogen) atoms. The number of amides is 1. The van der Waals surface area contributed by atoms with Crippen molar-refractivity contribution >= 4 is 15.9 Å². The number of aryl methyl sites for hydroxylation is 1. The van der Waals surface area contributed by atoms with Gasteiger partial charge in [0.25, 0.3) is 5.91 Å². The molecule has 2 rings (SSSR count). The topological polar surface area (TPSA) is 108 Å². The normalized spacial score (nSPS) is 11.6. The number of carbonyl (C=O) groups excluding carboxylic acids is 1. The Bertz CT molecular complexity index is 773. The molecule has 0 saturated carbocycles. The number of sulfonamides is 1. The van der Waals surface area contributed by atoms with Gasteiger partial charge in [0.1, 0.15) is 16.3 Å². The van der Waals surface area contributed by atoms with Crippen molar-refractivity contribution in [2.45, 2.75) is 11.8 Å². The quantitative estimate of drug-likeness (QED) is 0.859. The Morgan fingerprint density at radius 1 is 1.43 bits per heavy atom. The van der Waals surface area contributed by atoms with Gasteiger partial charge in [0.15, 0.2) is 5.76 Å². The van der Waals surface area contributed by atoms with Crippen molar-refractivity contribution in [1.82, 2.24) is 19.8 Å². The Hall–Kier alpha value is -2.13. The molecule has 0 aliphatic heterocycles. The standard InChI is InChI=1S/C12H16N4O4S/c1-7-10(21(18,19)13-2)5-9(20-7)11-8(6-14-15-11)12(17)16(3)4/h5-6,13H,1-4H3,(H,14,15). The number of aromatic amines is 1. The van der Waals surface area contributed by atoms with Crippen LogP contribution in [0.5, 0.6) is 0 Å². The van der Waals surface area contributed by atoms with Gasteiger partial charge in [-0.15, -0.1) is 0 Å². The van der Waals surface area contributed by atoms with Gasteiger partial charge < -0.3 is 9.32 Å². The summed E-state index contributed by atoms with van der Waals surface area (Å²) in [6, 6.07) is 1.36. The van der Waals surface area contributed by atoms with Gasteiger partial charge in [-0.1, -0.05) is 0 Å². The molecule has 0 unspecified atom stereocenters. The van der Waals surface area contributed by atoms with Gasteiger partial charge in [-0.3, -0.25) is 9.89 Å². The van der Waals surface area contributed by atoms with Crippen LogP contribution in [0.4, 0.5) is 0 Å². The van der Waals surface area contributed by atoms with Crippen molar-refractivity contribution in [3.63, 3.8) is 0 Å². The van der Waals surface area contributed by atoms with Gasteiger partial charge >= 0.3 is 0 Å². The molecule has 2 aromatic heterocycles. The molecule has 0 aliphatic carbocycles. The molecule has 1 amide bonds. The number of nitrogens with zero attached hydrogens (tertiary/aromatic N) is 2. The average molecular weight is 312 g/mol. The summed E-state index contributed by atoms with van der Waals surface area (Å²) in [6.07, 6.45) is 1.38. The summed E-state index contributed by atoms with van der Waals surface area (Å²) in [5, 5.41) is 6.49. The van der Waals surface area contributed by atoms with Crippen LogP contribution in [-0.4, -0.2) is 50.6 Å². The second kappa shape index (κ2) is 5.34. The maximum absolute atomic E-state index is 12.0. The van der Waals surface area contributed by atoms with Crippen molar-refractivity contribution < 1.29 is 17.6 Å². The minimum absolute atomic E-state index is 0.0258. The Balaban J connectivity index is 2.53. The number of hydrogen-bond donors (Lipinski definition) is 2. The smallest absolute Gasteiger partial charge is 0.257 e. The number of aromatic nitrogens is 2. The maximum atomic E-state index is 12.0. The third-order valence-electron chi connectivity index (χ3n) is 2.95. The molecule has 8 nitrogen and oxygen atoms in total. The van der Waals surface area contributed by atoms with Gasteiger partial charge in [-0.2, -0.15) is 5.10 Å². The number of carbonyl (C=O) groups is 1. The van der Waals surface area contributed by atoms with Crippen molar-refractivity contribution in [3.05, 3.63) is 23.6 Å². The Morgan fingerprint density at radius 2 is 2.10 bits per heavy atom. The summed E-state index contributed by atoms with van der Waals surface area (Å²) >= 11 is 0. The van der Waals surface area contributed by atoms with E-state index in [0.717, 1.165) is 0 Å². The summed E-state index contributed by atoms with van der Waals surface area (Å²) in [4.78, 5) is 13.5. The molecular weight excluding hydrogens is 296 g/mol. The molecule has 0 spiro atoms. The first-order chi connectivity index (χ1) is 9.77. The van der Waals surface area contributed by atoms with Crippen molar-refractivity contribution in [3.8, 4) is 11.5 Å². The van der Waals surface area contributed by atoms with Crippen LogP contribution in [0.2, 0.25) is 0 Å². The number of nitrogens with one attached hydrogen (secondary N) is 2. The van der Waals surface area contributed by atoms with Crippen LogP contribution in [0, 0.1) is 6.92 Å². The summed E-state index contributed by atoms with van der Waals surface area (Å²) in [6.45, 7) is 1.54. The lowest BCUT2D eigenvalue weighted by Crippen LogP contribution is -2.21. The zero-order chi connectivity index (χ0) is 15.8. The van der Waals surface area contributed by atoms with E-state index >= 15 is 0 Å². The molecule has 0 bridgehead atoms. The fourth-order valence-electron chi connectivity index (χ4n) is 1.84. The summed E-state index contributed by atoms with van der Waals surface area (Å²) in [5.74, 6) is 0.215. The molecule has 114 valence electrons. The second-order valence-electron chi connectivity index (χ2n) is 4.60. The largest absolute Gasteiger partial charge is 0.458 e. The van der Waals surface area contributed by atoms with Crippen molar-refractivity contribution in [2.75, 3.05) is 21.1 Å². The average Bonchev–Trinajstić information content (AvgIpc) is 3.03. The number of H-pyrrole nitrogens is 1. The first kappa shape index (κ1) is 15.3.